The Morgan fingerprint density at radius 1 is 1.39 bits per heavy atom. The van der Waals surface area contributed by atoms with Crippen molar-refractivity contribution in [3.8, 4) is 0 Å². The molecule has 1 heterocycles. The highest BCUT2D eigenvalue weighted by molar-refractivity contribution is 6.53. The summed E-state index contributed by atoms with van der Waals surface area (Å²) in [7, 11) is 1.62. The molecule has 2 rings (SSSR count). The van der Waals surface area contributed by atoms with Crippen LogP contribution in [0.2, 0.25) is 5.02 Å². The summed E-state index contributed by atoms with van der Waals surface area (Å²) in [6, 6.07) is 4.44. The van der Waals surface area contributed by atoms with Crippen LogP contribution in [0.4, 0.5) is 0 Å². The van der Waals surface area contributed by atoms with Crippen molar-refractivity contribution in [1.29, 1.82) is 0 Å². The number of hydrogen-bond donors (Lipinski definition) is 0. The molecule has 0 aliphatic carbocycles. The molecule has 1 aromatic carbocycles. The summed E-state index contributed by atoms with van der Waals surface area (Å²) in [5.41, 5.74) is 0.282. The van der Waals surface area contributed by atoms with Crippen molar-refractivity contribution in [3.05, 3.63) is 39.4 Å². The lowest BCUT2D eigenvalue weighted by molar-refractivity contribution is -0.131. The van der Waals surface area contributed by atoms with Crippen molar-refractivity contribution in [3.63, 3.8) is 0 Å². The Labute approximate surface area is 148 Å². The van der Waals surface area contributed by atoms with Crippen molar-refractivity contribution >= 4 is 51.6 Å². The molecule has 0 spiro atoms. The van der Waals surface area contributed by atoms with E-state index in [1.54, 1.807) is 39.1 Å². The van der Waals surface area contributed by atoms with Gasteiger partial charge < -0.3 is 4.90 Å². The first-order valence-corrected chi connectivity index (χ1v) is 8.27. The van der Waals surface area contributed by atoms with Gasteiger partial charge in [0.05, 0.1) is 16.9 Å². The quantitative estimate of drug-likeness (QED) is 0.769. The number of hydrogen-bond acceptors (Lipinski definition) is 3. The molecule has 1 unspecified atom stereocenters. The SMILES string of the molecule is CCN(C(=O)C(Cl)Cl)C(C)c1nc2cc(Cl)ccc2c(=O)n1C. The summed E-state index contributed by atoms with van der Waals surface area (Å²) < 4.78 is 1.42. The molecule has 1 atom stereocenters. The van der Waals surface area contributed by atoms with E-state index in [-0.39, 0.29) is 5.56 Å². The lowest BCUT2D eigenvalue weighted by Gasteiger charge is -2.29. The van der Waals surface area contributed by atoms with Gasteiger partial charge in [-0.05, 0) is 32.0 Å². The number of amides is 1. The van der Waals surface area contributed by atoms with E-state index in [0.717, 1.165) is 0 Å². The van der Waals surface area contributed by atoms with Crippen molar-refractivity contribution in [2.75, 3.05) is 6.54 Å². The Kier molecular flexibility index (Phi) is 5.55. The van der Waals surface area contributed by atoms with E-state index >= 15 is 0 Å². The van der Waals surface area contributed by atoms with Gasteiger partial charge in [0.25, 0.3) is 11.5 Å². The van der Waals surface area contributed by atoms with Gasteiger partial charge in [0.15, 0.2) is 4.84 Å². The molecule has 8 heteroatoms. The molecule has 0 saturated carbocycles. The highest BCUT2D eigenvalue weighted by Gasteiger charge is 2.27. The molecule has 0 bridgehead atoms. The zero-order valence-electron chi connectivity index (χ0n) is 12.9. The maximum Gasteiger partial charge on any atom is 0.261 e. The number of benzene rings is 1. The van der Waals surface area contributed by atoms with Crippen molar-refractivity contribution in [2.24, 2.45) is 7.05 Å². The van der Waals surface area contributed by atoms with Crippen LogP contribution in [0, 0.1) is 0 Å². The van der Waals surface area contributed by atoms with Crippen LogP contribution in [0.1, 0.15) is 25.7 Å². The number of nitrogens with zero attached hydrogens (tertiary/aromatic N) is 3. The molecule has 0 saturated heterocycles. The molecule has 0 fully saturated rings. The third-order valence-corrected chi connectivity index (χ3v) is 4.33. The zero-order chi connectivity index (χ0) is 17.3. The van der Waals surface area contributed by atoms with Crippen LogP contribution >= 0.6 is 34.8 Å². The standard InChI is InChI=1S/C15H16Cl3N3O2/c1-4-21(15(23)12(17)18)8(2)13-19-11-7-9(16)5-6-10(11)14(22)20(13)3/h5-8,12H,4H2,1-3H3. The lowest BCUT2D eigenvalue weighted by Crippen LogP contribution is -2.39. The predicted octanol–water partition coefficient (Wildman–Crippen LogP) is 3.30. The van der Waals surface area contributed by atoms with Crippen LogP contribution in [0.3, 0.4) is 0 Å². The van der Waals surface area contributed by atoms with Gasteiger partial charge >= 0.3 is 0 Å². The maximum atomic E-state index is 12.5. The number of rotatable bonds is 4. The normalized spacial score (nSPS) is 12.7. The van der Waals surface area contributed by atoms with E-state index in [1.165, 1.54) is 9.47 Å². The summed E-state index contributed by atoms with van der Waals surface area (Å²) in [6.07, 6.45) is 0. The Morgan fingerprint density at radius 2 is 2.04 bits per heavy atom. The lowest BCUT2D eigenvalue weighted by atomic mass is 10.2. The van der Waals surface area contributed by atoms with Gasteiger partial charge in [-0.15, -0.1) is 0 Å². The second kappa shape index (κ2) is 7.07. The van der Waals surface area contributed by atoms with Gasteiger partial charge in [-0.1, -0.05) is 34.8 Å². The largest absolute Gasteiger partial charge is 0.331 e. The first-order chi connectivity index (χ1) is 10.8. The van der Waals surface area contributed by atoms with E-state index in [2.05, 4.69) is 4.98 Å². The third-order valence-electron chi connectivity index (χ3n) is 3.73. The molecule has 0 N–H and O–H groups in total. The summed E-state index contributed by atoms with van der Waals surface area (Å²) in [5, 5.41) is 0.955. The molecule has 2 aromatic rings. The molecule has 0 radical (unpaired) electrons. The van der Waals surface area contributed by atoms with Crippen LogP contribution in [0.5, 0.6) is 0 Å². The average molecular weight is 377 g/mol. The van der Waals surface area contributed by atoms with Crippen molar-refractivity contribution in [2.45, 2.75) is 24.7 Å². The van der Waals surface area contributed by atoms with Crippen LogP contribution in [-0.4, -0.2) is 31.7 Å². The minimum atomic E-state index is -1.16. The fourth-order valence-corrected chi connectivity index (χ4v) is 2.94. The van der Waals surface area contributed by atoms with Gasteiger partial charge in [-0.25, -0.2) is 4.98 Å². The van der Waals surface area contributed by atoms with E-state index in [0.29, 0.717) is 28.3 Å². The van der Waals surface area contributed by atoms with Gasteiger partial charge in [-0.2, -0.15) is 0 Å². The average Bonchev–Trinajstić information content (AvgIpc) is 2.50. The number of aromatic nitrogens is 2. The van der Waals surface area contributed by atoms with E-state index < -0.39 is 16.8 Å². The van der Waals surface area contributed by atoms with Crippen LogP contribution in [0.15, 0.2) is 23.0 Å². The maximum absolute atomic E-state index is 12.5. The molecule has 1 aromatic heterocycles. The fourth-order valence-electron chi connectivity index (χ4n) is 2.52. The second-order valence-electron chi connectivity index (χ2n) is 5.10. The number of halogens is 3. The summed E-state index contributed by atoms with van der Waals surface area (Å²) in [6.45, 7) is 3.97. The smallest absolute Gasteiger partial charge is 0.261 e. The molecule has 1 amide bonds. The summed E-state index contributed by atoms with van der Waals surface area (Å²) in [5.74, 6) is 0.0118. The number of alkyl halides is 2. The molecule has 0 aliphatic rings. The van der Waals surface area contributed by atoms with Crippen LogP contribution in [0.25, 0.3) is 10.9 Å². The number of fused-ring (bicyclic) bond motifs is 1. The summed E-state index contributed by atoms with van der Waals surface area (Å²) >= 11 is 17.4. The van der Waals surface area contributed by atoms with Gasteiger partial charge in [0.2, 0.25) is 0 Å². The minimum absolute atomic E-state index is 0.203. The van der Waals surface area contributed by atoms with Crippen molar-refractivity contribution in [1.82, 2.24) is 14.5 Å². The number of carbonyl (C=O) groups is 1. The molecular weight excluding hydrogens is 361 g/mol. The number of carbonyl (C=O) groups excluding carboxylic acids is 1. The van der Waals surface area contributed by atoms with Crippen molar-refractivity contribution < 1.29 is 4.79 Å². The van der Waals surface area contributed by atoms with Crippen LogP contribution in [-0.2, 0) is 11.8 Å². The molecule has 5 nitrogen and oxygen atoms in total. The first-order valence-electron chi connectivity index (χ1n) is 7.02. The molecule has 0 aliphatic heterocycles. The molecular formula is C15H16Cl3N3O2. The van der Waals surface area contributed by atoms with E-state index in [9.17, 15) is 9.59 Å². The van der Waals surface area contributed by atoms with Crippen LogP contribution < -0.4 is 5.56 Å². The monoisotopic (exact) mass is 375 g/mol. The summed E-state index contributed by atoms with van der Waals surface area (Å²) in [4.78, 5) is 29.5. The highest BCUT2D eigenvalue weighted by Crippen LogP contribution is 2.23. The fraction of sp³-hybridized carbons (Fsp3) is 0.400. The Morgan fingerprint density at radius 3 is 2.61 bits per heavy atom. The molecule has 124 valence electrons. The van der Waals surface area contributed by atoms with Gasteiger partial charge in [0, 0.05) is 18.6 Å². The predicted molar refractivity (Wildman–Crippen MR) is 93.3 cm³/mol. The first kappa shape index (κ1) is 18.0. The Bertz CT molecular complexity index is 804. The Hall–Kier alpha value is -1.30. The minimum Gasteiger partial charge on any atom is -0.331 e. The highest BCUT2D eigenvalue weighted by atomic mass is 35.5. The van der Waals surface area contributed by atoms with Gasteiger partial charge in [-0.3, -0.25) is 14.2 Å². The zero-order valence-corrected chi connectivity index (χ0v) is 15.2. The molecule has 23 heavy (non-hydrogen) atoms. The Balaban J connectivity index is 2.60. The second-order valence-corrected chi connectivity index (χ2v) is 6.63. The van der Waals surface area contributed by atoms with E-state index in [4.69, 9.17) is 34.8 Å². The van der Waals surface area contributed by atoms with E-state index in [1.807, 2.05) is 0 Å². The topological polar surface area (TPSA) is 55.2 Å². The third kappa shape index (κ3) is 3.47. The van der Waals surface area contributed by atoms with Gasteiger partial charge in [0.1, 0.15) is 5.82 Å².